The monoisotopic (exact) mass is 424 g/mol. The SMILES string of the molecule is CCCCCCCCCCCCCCCCC(CCCC)C(CCCC)CC(=O)O. The van der Waals surface area contributed by atoms with Gasteiger partial charge in [0.05, 0.1) is 0 Å². The van der Waals surface area contributed by atoms with E-state index in [9.17, 15) is 9.90 Å². The number of carboxylic acids is 1. The molecule has 0 rings (SSSR count). The van der Waals surface area contributed by atoms with Crippen molar-refractivity contribution in [2.24, 2.45) is 11.8 Å². The molecule has 0 amide bonds. The molecule has 0 fully saturated rings. The summed E-state index contributed by atoms with van der Waals surface area (Å²) in [5, 5.41) is 9.35. The van der Waals surface area contributed by atoms with Gasteiger partial charge in [-0.3, -0.25) is 4.79 Å². The van der Waals surface area contributed by atoms with Crippen LogP contribution in [0.5, 0.6) is 0 Å². The van der Waals surface area contributed by atoms with Crippen molar-refractivity contribution in [1.29, 1.82) is 0 Å². The van der Waals surface area contributed by atoms with Gasteiger partial charge >= 0.3 is 5.97 Å². The molecule has 0 saturated heterocycles. The summed E-state index contributed by atoms with van der Waals surface area (Å²) in [5.74, 6) is 0.430. The quantitative estimate of drug-likeness (QED) is 0.156. The van der Waals surface area contributed by atoms with E-state index in [4.69, 9.17) is 0 Å². The van der Waals surface area contributed by atoms with E-state index in [0.29, 0.717) is 18.3 Å². The van der Waals surface area contributed by atoms with E-state index in [1.807, 2.05) is 0 Å². The van der Waals surface area contributed by atoms with Crippen LogP contribution in [-0.2, 0) is 4.79 Å². The molecule has 2 nitrogen and oxygen atoms in total. The van der Waals surface area contributed by atoms with E-state index in [1.54, 1.807) is 0 Å². The molecule has 1 N–H and O–H groups in total. The van der Waals surface area contributed by atoms with Crippen molar-refractivity contribution < 1.29 is 9.90 Å². The van der Waals surface area contributed by atoms with Crippen LogP contribution in [0.3, 0.4) is 0 Å². The molecule has 180 valence electrons. The largest absolute Gasteiger partial charge is 0.481 e. The Hall–Kier alpha value is -0.530. The number of aliphatic carboxylic acids is 1. The van der Waals surface area contributed by atoms with Crippen molar-refractivity contribution >= 4 is 5.97 Å². The van der Waals surface area contributed by atoms with Gasteiger partial charge in [-0.05, 0) is 18.3 Å². The lowest BCUT2D eigenvalue weighted by atomic mass is 9.79. The molecule has 0 aromatic carbocycles. The average molecular weight is 425 g/mol. The normalized spacial score (nSPS) is 13.4. The fourth-order valence-electron chi connectivity index (χ4n) is 4.88. The van der Waals surface area contributed by atoms with Crippen LogP contribution in [0.1, 0.15) is 162 Å². The van der Waals surface area contributed by atoms with E-state index < -0.39 is 5.97 Å². The van der Waals surface area contributed by atoms with Crippen molar-refractivity contribution in [2.75, 3.05) is 0 Å². The molecule has 0 aromatic heterocycles. The number of unbranched alkanes of at least 4 members (excludes halogenated alkanes) is 15. The van der Waals surface area contributed by atoms with Crippen LogP contribution in [0.2, 0.25) is 0 Å². The Morgan fingerprint density at radius 1 is 0.500 bits per heavy atom. The molecule has 0 aromatic rings. The van der Waals surface area contributed by atoms with Gasteiger partial charge in [-0.1, -0.05) is 149 Å². The van der Waals surface area contributed by atoms with Gasteiger partial charge in [0.15, 0.2) is 0 Å². The topological polar surface area (TPSA) is 37.3 Å². The van der Waals surface area contributed by atoms with Crippen LogP contribution < -0.4 is 0 Å². The molecule has 0 radical (unpaired) electrons. The number of rotatable bonds is 24. The Labute approximate surface area is 190 Å². The van der Waals surface area contributed by atoms with E-state index >= 15 is 0 Å². The highest BCUT2D eigenvalue weighted by molar-refractivity contribution is 5.67. The Morgan fingerprint density at radius 3 is 1.23 bits per heavy atom. The summed E-state index contributed by atoms with van der Waals surface area (Å²) in [4.78, 5) is 11.4. The maximum absolute atomic E-state index is 11.4. The Balaban J connectivity index is 3.83. The minimum absolute atomic E-state index is 0.382. The van der Waals surface area contributed by atoms with Crippen molar-refractivity contribution in [2.45, 2.75) is 162 Å². The first-order chi connectivity index (χ1) is 14.7. The first-order valence-corrected chi connectivity index (χ1v) is 13.9. The molecule has 0 spiro atoms. The molecular formula is C28H56O2. The van der Waals surface area contributed by atoms with Gasteiger partial charge in [0, 0.05) is 6.42 Å². The zero-order valence-corrected chi connectivity index (χ0v) is 21.1. The molecule has 0 saturated carbocycles. The summed E-state index contributed by atoms with van der Waals surface area (Å²) in [5.41, 5.74) is 0. The van der Waals surface area contributed by atoms with Gasteiger partial charge in [-0.25, -0.2) is 0 Å². The second-order valence-corrected chi connectivity index (χ2v) is 9.79. The predicted molar refractivity (Wildman–Crippen MR) is 133 cm³/mol. The lowest BCUT2D eigenvalue weighted by Gasteiger charge is -2.26. The molecule has 2 atom stereocenters. The third kappa shape index (κ3) is 19.4. The van der Waals surface area contributed by atoms with E-state index in [1.165, 1.54) is 128 Å². The molecule has 2 heteroatoms. The summed E-state index contributed by atoms with van der Waals surface area (Å²) < 4.78 is 0. The molecule has 2 unspecified atom stereocenters. The summed E-state index contributed by atoms with van der Waals surface area (Å²) in [7, 11) is 0. The van der Waals surface area contributed by atoms with Crippen LogP contribution in [0, 0.1) is 11.8 Å². The van der Waals surface area contributed by atoms with E-state index in [0.717, 1.165) is 6.42 Å². The summed E-state index contributed by atoms with van der Waals surface area (Å²) in [6.45, 7) is 6.75. The van der Waals surface area contributed by atoms with Gasteiger partial charge < -0.3 is 5.11 Å². The third-order valence-corrected chi connectivity index (χ3v) is 6.89. The van der Waals surface area contributed by atoms with Crippen molar-refractivity contribution in [3.05, 3.63) is 0 Å². The van der Waals surface area contributed by atoms with Gasteiger partial charge in [-0.2, -0.15) is 0 Å². The second-order valence-electron chi connectivity index (χ2n) is 9.79. The van der Waals surface area contributed by atoms with Crippen LogP contribution in [0.4, 0.5) is 0 Å². The highest BCUT2D eigenvalue weighted by Gasteiger charge is 2.22. The highest BCUT2D eigenvalue weighted by atomic mass is 16.4. The first-order valence-electron chi connectivity index (χ1n) is 13.9. The van der Waals surface area contributed by atoms with Crippen LogP contribution >= 0.6 is 0 Å². The number of hydrogen-bond acceptors (Lipinski definition) is 1. The average Bonchev–Trinajstić information content (AvgIpc) is 2.73. The van der Waals surface area contributed by atoms with Gasteiger partial charge in [0.1, 0.15) is 0 Å². The summed E-state index contributed by atoms with van der Waals surface area (Å²) in [6, 6.07) is 0. The fourth-order valence-corrected chi connectivity index (χ4v) is 4.88. The fraction of sp³-hybridized carbons (Fsp3) is 0.964. The van der Waals surface area contributed by atoms with E-state index in [2.05, 4.69) is 20.8 Å². The zero-order chi connectivity index (χ0) is 22.3. The van der Waals surface area contributed by atoms with Crippen LogP contribution in [0.25, 0.3) is 0 Å². The molecule has 0 aliphatic rings. The van der Waals surface area contributed by atoms with Gasteiger partial charge in [-0.15, -0.1) is 0 Å². The molecule has 30 heavy (non-hydrogen) atoms. The zero-order valence-electron chi connectivity index (χ0n) is 21.1. The number of hydrogen-bond donors (Lipinski definition) is 1. The molecule has 0 aliphatic heterocycles. The molecule has 0 bridgehead atoms. The maximum Gasteiger partial charge on any atom is 0.303 e. The minimum atomic E-state index is -0.599. The van der Waals surface area contributed by atoms with Crippen molar-refractivity contribution in [3.63, 3.8) is 0 Å². The molecule has 0 aliphatic carbocycles. The highest BCUT2D eigenvalue weighted by Crippen LogP contribution is 2.31. The Morgan fingerprint density at radius 2 is 0.833 bits per heavy atom. The first kappa shape index (κ1) is 29.5. The maximum atomic E-state index is 11.4. The minimum Gasteiger partial charge on any atom is -0.481 e. The van der Waals surface area contributed by atoms with Crippen LogP contribution in [0.15, 0.2) is 0 Å². The summed E-state index contributed by atoms with van der Waals surface area (Å²) >= 11 is 0. The van der Waals surface area contributed by atoms with Crippen molar-refractivity contribution in [3.8, 4) is 0 Å². The molecule has 0 heterocycles. The number of carboxylic acid groups (broad SMARTS) is 1. The Kier molecular flexibility index (Phi) is 22.7. The summed E-state index contributed by atoms with van der Waals surface area (Å²) in [6.07, 6.45) is 28.4. The third-order valence-electron chi connectivity index (χ3n) is 6.89. The Bertz CT molecular complexity index is 353. The lowest BCUT2D eigenvalue weighted by Crippen LogP contribution is -2.19. The standard InChI is InChI=1S/C28H56O2/c1-4-7-10-11-12-13-14-15-16-17-18-19-20-21-24-26(22-8-5-2)27(23-9-6-3)25-28(29)30/h26-27H,4-25H2,1-3H3,(H,29,30). The van der Waals surface area contributed by atoms with E-state index in [-0.39, 0.29) is 0 Å². The van der Waals surface area contributed by atoms with Gasteiger partial charge in [0.2, 0.25) is 0 Å². The smallest absolute Gasteiger partial charge is 0.303 e. The predicted octanol–water partition coefficient (Wildman–Crippen LogP) is 9.95. The van der Waals surface area contributed by atoms with Crippen molar-refractivity contribution in [1.82, 2.24) is 0 Å². The lowest BCUT2D eigenvalue weighted by molar-refractivity contribution is -0.138. The molecular weight excluding hydrogens is 368 g/mol. The van der Waals surface area contributed by atoms with Crippen LogP contribution in [-0.4, -0.2) is 11.1 Å². The number of carbonyl (C=O) groups is 1. The van der Waals surface area contributed by atoms with Gasteiger partial charge in [0.25, 0.3) is 0 Å². The second kappa shape index (κ2) is 23.1.